The van der Waals surface area contributed by atoms with Crippen molar-refractivity contribution in [1.29, 1.82) is 0 Å². The van der Waals surface area contributed by atoms with Crippen LogP contribution in [0.1, 0.15) is 34.7 Å². The smallest absolute Gasteiger partial charge is 0.287 e. The lowest BCUT2D eigenvalue weighted by atomic mass is 10.1. The maximum absolute atomic E-state index is 12.8. The number of aromatic nitrogens is 1. The van der Waals surface area contributed by atoms with Gasteiger partial charge in [-0.15, -0.1) is 0 Å². The Morgan fingerprint density at radius 1 is 1.21 bits per heavy atom. The molecule has 1 amide bonds. The number of pyridine rings is 1. The molecule has 1 fully saturated rings. The second kappa shape index (κ2) is 7.37. The number of fused-ring (bicyclic) bond motifs is 1. The van der Waals surface area contributed by atoms with E-state index in [-0.39, 0.29) is 23.1 Å². The third kappa shape index (κ3) is 3.41. The first-order valence-electron chi connectivity index (χ1n) is 9.18. The van der Waals surface area contributed by atoms with Gasteiger partial charge >= 0.3 is 0 Å². The van der Waals surface area contributed by atoms with Gasteiger partial charge in [0, 0.05) is 30.2 Å². The minimum Gasteiger partial charge on any atom is -0.451 e. The number of hydrogen-bond acceptors (Lipinski definition) is 5. The van der Waals surface area contributed by atoms with E-state index in [4.69, 9.17) is 4.42 Å². The van der Waals surface area contributed by atoms with Crippen LogP contribution in [0.4, 0.5) is 0 Å². The summed E-state index contributed by atoms with van der Waals surface area (Å²) < 4.78 is 32.8. The summed E-state index contributed by atoms with van der Waals surface area (Å²) in [6.07, 6.45) is 3.43. The lowest BCUT2D eigenvalue weighted by molar-refractivity contribution is 0.0924. The van der Waals surface area contributed by atoms with Crippen LogP contribution in [-0.2, 0) is 16.6 Å². The van der Waals surface area contributed by atoms with Crippen LogP contribution in [0, 0.1) is 6.92 Å². The Balaban J connectivity index is 1.61. The Labute approximate surface area is 163 Å². The number of rotatable bonds is 5. The molecule has 1 N–H and O–H groups in total. The van der Waals surface area contributed by atoms with Crippen molar-refractivity contribution in [2.45, 2.75) is 31.2 Å². The molecule has 2 aromatic heterocycles. The summed E-state index contributed by atoms with van der Waals surface area (Å²) in [5.74, 6) is -0.176. The quantitative estimate of drug-likeness (QED) is 0.712. The molecule has 0 spiro atoms. The largest absolute Gasteiger partial charge is 0.451 e. The average Bonchev–Trinajstić information content (AvgIpc) is 3.36. The Kier molecular flexibility index (Phi) is 4.91. The molecule has 0 saturated carbocycles. The molecule has 1 aliphatic rings. The van der Waals surface area contributed by atoms with Crippen molar-refractivity contribution < 1.29 is 17.6 Å². The summed E-state index contributed by atoms with van der Waals surface area (Å²) in [7, 11) is -3.52. The van der Waals surface area contributed by atoms with Gasteiger partial charge in [-0.25, -0.2) is 8.42 Å². The highest BCUT2D eigenvalue weighted by Crippen LogP contribution is 2.29. The third-order valence-corrected chi connectivity index (χ3v) is 6.87. The van der Waals surface area contributed by atoms with Gasteiger partial charge in [-0.05, 0) is 50.1 Å². The number of hydrogen-bond donors (Lipinski definition) is 1. The van der Waals surface area contributed by atoms with Gasteiger partial charge in [0.2, 0.25) is 10.0 Å². The van der Waals surface area contributed by atoms with Crippen molar-refractivity contribution in [3.05, 3.63) is 59.6 Å². The van der Waals surface area contributed by atoms with E-state index in [1.165, 1.54) is 10.4 Å². The zero-order valence-electron chi connectivity index (χ0n) is 15.5. The molecule has 3 aromatic rings. The zero-order chi connectivity index (χ0) is 19.7. The molecule has 7 nitrogen and oxygen atoms in total. The summed E-state index contributed by atoms with van der Waals surface area (Å²) in [6, 6.07) is 10.2. The van der Waals surface area contributed by atoms with E-state index < -0.39 is 10.0 Å². The molecule has 0 atom stereocenters. The first kappa shape index (κ1) is 18.6. The molecule has 0 bridgehead atoms. The van der Waals surface area contributed by atoms with Gasteiger partial charge in [0.25, 0.3) is 5.91 Å². The fourth-order valence-corrected chi connectivity index (χ4v) is 4.95. The molecule has 8 heteroatoms. The Morgan fingerprint density at radius 3 is 2.71 bits per heavy atom. The van der Waals surface area contributed by atoms with Crippen LogP contribution in [0.5, 0.6) is 0 Å². The normalized spacial score (nSPS) is 15.2. The minimum absolute atomic E-state index is 0.182. The fraction of sp³-hybridized carbons (Fsp3) is 0.300. The van der Waals surface area contributed by atoms with E-state index in [1.807, 2.05) is 18.2 Å². The van der Waals surface area contributed by atoms with Crippen LogP contribution < -0.4 is 5.32 Å². The van der Waals surface area contributed by atoms with Gasteiger partial charge < -0.3 is 9.73 Å². The SMILES string of the molecule is Cc1c(C(=O)NCc2ccccn2)oc2ccc(S(=O)(=O)N3CCCC3)cc12. The molecule has 0 radical (unpaired) electrons. The highest BCUT2D eigenvalue weighted by Gasteiger charge is 2.28. The van der Waals surface area contributed by atoms with Gasteiger partial charge in [0.05, 0.1) is 17.1 Å². The van der Waals surface area contributed by atoms with Crippen LogP contribution in [0.25, 0.3) is 11.0 Å². The first-order chi connectivity index (χ1) is 13.5. The topological polar surface area (TPSA) is 92.5 Å². The van der Waals surface area contributed by atoms with Gasteiger partial charge in [0.15, 0.2) is 5.76 Å². The lowest BCUT2D eigenvalue weighted by Crippen LogP contribution is -2.27. The van der Waals surface area contributed by atoms with Crippen LogP contribution in [0.15, 0.2) is 51.9 Å². The van der Waals surface area contributed by atoms with E-state index >= 15 is 0 Å². The molecule has 4 rings (SSSR count). The maximum atomic E-state index is 12.8. The molecule has 1 aromatic carbocycles. The molecule has 1 saturated heterocycles. The zero-order valence-corrected chi connectivity index (χ0v) is 16.3. The fourth-order valence-electron chi connectivity index (χ4n) is 3.41. The van der Waals surface area contributed by atoms with Crippen molar-refractivity contribution in [1.82, 2.24) is 14.6 Å². The molecule has 0 aliphatic carbocycles. The number of benzene rings is 1. The van der Waals surface area contributed by atoms with Crippen molar-refractivity contribution in [3.8, 4) is 0 Å². The standard InChI is InChI=1S/C20H21N3O4S/c1-14-17-12-16(28(25,26)23-10-4-5-11-23)7-8-18(17)27-19(14)20(24)22-13-15-6-2-3-9-21-15/h2-3,6-9,12H,4-5,10-11,13H2,1H3,(H,22,24). The highest BCUT2D eigenvalue weighted by atomic mass is 32.2. The van der Waals surface area contributed by atoms with Crippen molar-refractivity contribution in [2.24, 2.45) is 0 Å². The maximum Gasteiger partial charge on any atom is 0.287 e. The number of nitrogens with zero attached hydrogens (tertiary/aromatic N) is 2. The molecule has 146 valence electrons. The summed E-state index contributed by atoms with van der Waals surface area (Å²) in [5.41, 5.74) is 1.84. The summed E-state index contributed by atoms with van der Waals surface area (Å²) in [6.45, 7) is 3.14. The molecule has 1 aliphatic heterocycles. The monoisotopic (exact) mass is 399 g/mol. The molecule has 28 heavy (non-hydrogen) atoms. The summed E-state index contributed by atoms with van der Waals surface area (Å²) in [4.78, 5) is 16.9. The van der Waals surface area contributed by atoms with E-state index in [0.717, 1.165) is 18.5 Å². The predicted octanol–water partition coefficient (Wildman–Crippen LogP) is 2.85. The minimum atomic E-state index is -3.52. The van der Waals surface area contributed by atoms with Crippen molar-refractivity contribution in [2.75, 3.05) is 13.1 Å². The Bertz CT molecular complexity index is 1120. The third-order valence-electron chi connectivity index (χ3n) is 4.97. The number of furan rings is 1. The predicted molar refractivity (Wildman–Crippen MR) is 104 cm³/mol. The number of aryl methyl sites for hydroxylation is 1. The highest BCUT2D eigenvalue weighted by molar-refractivity contribution is 7.89. The van der Waals surface area contributed by atoms with Crippen LogP contribution in [0.3, 0.4) is 0 Å². The summed E-state index contributed by atoms with van der Waals surface area (Å²) >= 11 is 0. The number of sulfonamides is 1. The van der Waals surface area contributed by atoms with Crippen LogP contribution in [0.2, 0.25) is 0 Å². The number of nitrogens with one attached hydrogen (secondary N) is 1. The number of carbonyl (C=O) groups is 1. The van der Waals surface area contributed by atoms with Crippen LogP contribution in [-0.4, -0.2) is 36.7 Å². The van der Waals surface area contributed by atoms with Crippen molar-refractivity contribution in [3.63, 3.8) is 0 Å². The average molecular weight is 399 g/mol. The second-order valence-electron chi connectivity index (χ2n) is 6.83. The van der Waals surface area contributed by atoms with Crippen LogP contribution >= 0.6 is 0 Å². The van der Waals surface area contributed by atoms with Gasteiger partial charge in [0.1, 0.15) is 5.58 Å². The van der Waals surface area contributed by atoms with Crippen molar-refractivity contribution >= 4 is 26.9 Å². The van der Waals surface area contributed by atoms with Gasteiger partial charge in [-0.3, -0.25) is 9.78 Å². The Morgan fingerprint density at radius 2 is 2.00 bits per heavy atom. The van der Waals surface area contributed by atoms with Gasteiger partial charge in [-0.1, -0.05) is 6.07 Å². The second-order valence-corrected chi connectivity index (χ2v) is 8.77. The van der Waals surface area contributed by atoms with E-state index in [0.29, 0.717) is 29.6 Å². The van der Waals surface area contributed by atoms with E-state index in [2.05, 4.69) is 10.3 Å². The van der Waals surface area contributed by atoms with E-state index in [1.54, 1.807) is 25.3 Å². The summed E-state index contributed by atoms with van der Waals surface area (Å²) in [5, 5.41) is 3.41. The molecular weight excluding hydrogens is 378 g/mol. The number of amides is 1. The lowest BCUT2D eigenvalue weighted by Gasteiger charge is -2.15. The molecule has 3 heterocycles. The van der Waals surface area contributed by atoms with E-state index in [9.17, 15) is 13.2 Å². The molecule has 0 unspecified atom stereocenters. The molecular formula is C20H21N3O4S. The first-order valence-corrected chi connectivity index (χ1v) is 10.6. The number of carbonyl (C=O) groups excluding carboxylic acids is 1. The van der Waals surface area contributed by atoms with Gasteiger partial charge in [-0.2, -0.15) is 4.31 Å². The Hall–Kier alpha value is -2.71.